The van der Waals surface area contributed by atoms with Crippen molar-refractivity contribution in [3.63, 3.8) is 0 Å². The smallest absolute Gasteiger partial charge is 0.193 e. The van der Waals surface area contributed by atoms with Gasteiger partial charge in [-0.2, -0.15) is 0 Å². The number of nitrogens with one attached hydrogen (secondary N) is 1. The molecule has 4 heteroatoms. The summed E-state index contributed by atoms with van der Waals surface area (Å²) < 4.78 is 5.69. The first-order valence-corrected chi connectivity index (χ1v) is 8.31. The number of aliphatic imine (C=N–C) groups is 1. The Bertz CT molecular complexity index is 406. The van der Waals surface area contributed by atoms with E-state index in [1.165, 1.54) is 18.4 Å². The lowest BCUT2D eigenvalue weighted by Gasteiger charge is -2.21. The second-order valence-corrected chi connectivity index (χ2v) is 5.49. The fraction of sp³-hybridized carbons (Fsp3) is 0.611. The molecule has 0 fully saturated rings. The summed E-state index contributed by atoms with van der Waals surface area (Å²) in [5.74, 6) is 0.985. The van der Waals surface area contributed by atoms with Crippen molar-refractivity contribution in [3.05, 3.63) is 35.9 Å². The van der Waals surface area contributed by atoms with Crippen LogP contribution in [0.2, 0.25) is 0 Å². The average molecular weight is 305 g/mol. The molecule has 1 rings (SSSR count). The van der Waals surface area contributed by atoms with Gasteiger partial charge in [0.2, 0.25) is 0 Å². The van der Waals surface area contributed by atoms with Gasteiger partial charge in [0.15, 0.2) is 5.96 Å². The van der Waals surface area contributed by atoms with Gasteiger partial charge in [0.05, 0.1) is 6.61 Å². The summed E-state index contributed by atoms with van der Waals surface area (Å²) in [6, 6.07) is 10.3. The van der Waals surface area contributed by atoms with E-state index in [1.54, 1.807) is 0 Å². The Morgan fingerprint density at radius 1 is 1.18 bits per heavy atom. The van der Waals surface area contributed by atoms with Crippen LogP contribution in [0.1, 0.15) is 38.2 Å². The predicted octanol–water partition coefficient (Wildman–Crippen LogP) is 3.29. The van der Waals surface area contributed by atoms with Crippen molar-refractivity contribution in [1.29, 1.82) is 0 Å². The number of nitrogens with zero attached hydrogens (tertiary/aromatic N) is 2. The molecular weight excluding hydrogens is 274 g/mol. The maximum Gasteiger partial charge on any atom is 0.193 e. The fourth-order valence-electron chi connectivity index (χ4n) is 2.18. The van der Waals surface area contributed by atoms with Crippen LogP contribution >= 0.6 is 0 Å². The number of rotatable bonds is 10. The lowest BCUT2D eigenvalue weighted by molar-refractivity contribution is 0.117. The first-order chi connectivity index (χ1) is 10.8. The molecule has 1 N–H and O–H groups in total. The molecule has 0 unspecified atom stereocenters. The van der Waals surface area contributed by atoms with E-state index in [0.29, 0.717) is 6.61 Å². The van der Waals surface area contributed by atoms with Crippen LogP contribution in [-0.2, 0) is 11.3 Å². The molecule has 22 heavy (non-hydrogen) atoms. The van der Waals surface area contributed by atoms with Crippen molar-refractivity contribution in [2.45, 2.75) is 39.2 Å². The molecular formula is C18H31N3O. The number of guanidine groups is 1. The molecule has 0 radical (unpaired) electrons. The van der Waals surface area contributed by atoms with E-state index < -0.39 is 0 Å². The Hall–Kier alpha value is -1.55. The van der Waals surface area contributed by atoms with Crippen LogP contribution in [0.3, 0.4) is 0 Å². The van der Waals surface area contributed by atoms with E-state index in [-0.39, 0.29) is 0 Å². The predicted molar refractivity (Wildman–Crippen MR) is 94.2 cm³/mol. The van der Waals surface area contributed by atoms with Crippen LogP contribution in [0.25, 0.3) is 0 Å². The van der Waals surface area contributed by atoms with E-state index in [4.69, 9.17) is 4.74 Å². The molecule has 0 heterocycles. The van der Waals surface area contributed by atoms with E-state index in [0.717, 1.165) is 38.5 Å². The van der Waals surface area contributed by atoms with Gasteiger partial charge in [0, 0.05) is 33.8 Å². The zero-order valence-corrected chi connectivity index (χ0v) is 14.3. The largest absolute Gasteiger partial charge is 0.377 e. The fourth-order valence-corrected chi connectivity index (χ4v) is 2.18. The molecule has 1 aromatic carbocycles. The molecule has 4 nitrogen and oxygen atoms in total. The molecule has 0 aliphatic heterocycles. The molecule has 0 saturated heterocycles. The third-order valence-corrected chi connectivity index (χ3v) is 3.53. The van der Waals surface area contributed by atoms with Crippen molar-refractivity contribution in [2.75, 3.05) is 33.8 Å². The SMILES string of the molecule is CCCCN(C)C(=NC)NCCCCOCc1ccccc1. The van der Waals surface area contributed by atoms with E-state index in [1.807, 2.05) is 25.2 Å². The maximum atomic E-state index is 5.69. The van der Waals surface area contributed by atoms with Crippen LogP contribution in [0.5, 0.6) is 0 Å². The van der Waals surface area contributed by atoms with Crippen LogP contribution < -0.4 is 5.32 Å². The molecule has 0 amide bonds. The number of ether oxygens (including phenoxy) is 1. The van der Waals surface area contributed by atoms with Crippen molar-refractivity contribution >= 4 is 5.96 Å². The quantitative estimate of drug-likeness (QED) is 0.409. The molecule has 124 valence electrons. The van der Waals surface area contributed by atoms with Gasteiger partial charge < -0.3 is 15.0 Å². The van der Waals surface area contributed by atoms with Crippen LogP contribution in [-0.4, -0.2) is 44.7 Å². The Labute approximate surface area is 135 Å². The zero-order valence-electron chi connectivity index (χ0n) is 14.3. The first-order valence-electron chi connectivity index (χ1n) is 8.31. The highest BCUT2D eigenvalue weighted by Gasteiger charge is 2.03. The van der Waals surface area contributed by atoms with Crippen molar-refractivity contribution < 1.29 is 4.74 Å². The lowest BCUT2D eigenvalue weighted by atomic mass is 10.2. The normalized spacial score (nSPS) is 11.5. The monoisotopic (exact) mass is 305 g/mol. The summed E-state index contributed by atoms with van der Waals surface area (Å²) in [7, 11) is 3.93. The molecule has 0 aliphatic rings. The Morgan fingerprint density at radius 3 is 2.64 bits per heavy atom. The highest BCUT2D eigenvalue weighted by molar-refractivity contribution is 5.79. The average Bonchev–Trinajstić information content (AvgIpc) is 2.56. The standard InChI is InChI=1S/C18H31N3O/c1-4-5-14-21(3)18(19-2)20-13-9-10-15-22-16-17-11-7-6-8-12-17/h6-8,11-12H,4-5,9-10,13-16H2,1-3H3,(H,19,20). The highest BCUT2D eigenvalue weighted by Crippen LogP contribution is 2.01. The van der Waals surface area contributed by atoms with Gasteiger partial charge in [-0.05, 0) is 24.8 Å². The molecule has 0 spiro atoms. The van der Waals surface area contributed by atoms with Gasteiger partial charge in [-0.15, -0.1) is 0 Å². The van der Waals surface area contributed by atoms with Crippen LogP contribution in [0.15, 0.2) is 35.3 Å². The zero-order chi connectivity index (χ0) is 16.0. The van der Waals surface area contributed by atoms with Gasteiger partial charge in [0.1, 0.15) is 0 Å². The second-order valence-electron chi connectivity index (χ2n) is 5.49. The lowest BCUT2D eigenvalue weighted by Crippen LogP contribution is -2.39. The van der Waals surface area contributed by atoms with Gasteiger partial charge in [-0.1, -0.05) is 43.7 Å². The molecule has 0 atom stereocenters. The summed E-state index contributed by atoms with van der Waals surface area (Å²) in [5.41, 5.74) is 1.23. The number of unbranched alkanes of at least 4 members (excludes halogenated alkanes) is 2. The van der Waals surface area contributed by atoms with Gasteiger partial charge in [-0.3, -0.25) is 4.99 Å². The molecule has 0 aromatic heterocycles. The van der Waals surface area contributed by atoms with E-state index in [2.05, 4.69) is 41.3 Å². The Kier molecular flexibility index (Phi) is 10.1. The topological polar surface area (TPSA) is 36.9 Å². The molecule has 1 aromatic rings. The van der Waals surface area contributed by atoms with Crippen LogP contribution in [0, 0.1) is 0 Å². The van der Waals surface area contributed by atoms with Gasteiger partial charge >= 0.3 is 0 Å². The number of hydrogen-bond acceptors (Lipinski definition) is 2. The Morgan fingerprint density at radius 2 is 1.95 bits per heavy atom. The minimum Gasteiger partial charge on any atom is -0.377 e. The maximum absolute atomic E-state index is 5.69. The second kappa shape index (κ2) is 12.0. The summed E-state index contributed by atoms with van der Waals surface area (Å²) >= 11 is 0. The van der Waals surface area contributed by atoms with Crippen molar-refractivity contribution in [3.8, 4) is 0 Å². The number of benzene rings is 1. The third kappa shape index (κ3) is 8.03. The van der Waals surface area contributed by atoms with Crippen molar-refractivity contribution in [1.82, 2.24) is 10.2 Å². The summed E-state index contributed by atoms with van der Waals surface area (Å²) in [6.07, 6.45) is 4.57. The minimum atomic E-state index is 0.704. The summed E-state index contributed by atoms with van der Waals surface area (Å²) in [5, 5.41) is 3.41. The first kappa shape index (κ1) is 18.5. The summed E-state index contributed by atoms with van der Waals surface area (Å²) in [4.78, 5) is 6.50. The molecule has 0 bridgehead atoms. The Balaban J connectivity index is 2.04. The van der Waals surface area contributed by atoms with Gasteiger partial charge in [0.25, 0.3) is 0 Å². The van der Waals surface area contributed by atoms with E-state index in [9.17, 15) is 0 Å². The molecule has 0 aliphatic carbocycles. The van der Waals surface area contributed by atoms with Crippen molar-refractivity contribution in [2.24, 2.45) is 4.99 Å². The third-order valence-electron chi connectivity index (χ3n) is 3.53. The van der Waals surface area contributed by atoms with E-state index >= 15 is 0 Å². The van der Waals surface area contributed by atoms with Crippen LogP contribution in [0.4, 0.5) is 0 Å². The van der Waals surface area contributed by atoms with Gasteiger partial charge in [-0.25, -0.2) is 0 Å². The highest BCUT2D eigenvalue weighted by atomic mass is 16.5. The summed E-state index contributed by atoms with van der Waals surface area (Å²) in [6.45, 7) is 5.71. The molecule has 0 saturated carbocycles. The minimum absolute atomic E-state index is 0.704. The number of hydrogen-bond donors (Lipinski definition) is 1.